The zero-order valence-corrected chi connectivity index (χ0v) is 9.57. The number of hydrogen-bond acceptors (Lipinski definition) is 3. The lowest BCUT2D eigenvalue weighted by molar-refractivity contribution is 0.107. The monoisotopic (exact) mass is 226 g/mol. The lowest BCUT2D eigenvalue weighted by atomic mass is 10.3. The molecule has 4 heteroatoms. The summed E-state index contributed by atoms with van der Waals surface area (Å²) in [4.78, 5) is 6.44. The maximum absolute atomic E-state index is 5.73. The zero-order chi connectivity index (χ0) is 10.7. The second kappa shape index (κ2) is 4.92. The maximum Gasteiger partial charge on any atom is 0.129 e. The molecule has 1 aliphatic rings. The predicted molar refractivity (Wildman–Crippen MR) is 59.9 cm³/mol. The molecule has 1 aromatic heterocycles. The number of methoxy groups -OCH3 is 1. The highest BCUT2D eigenvalue weighted by molar-refractivity contribution is 6.29. The Hall–Kier alpha value is -0.640. The van der Waals surface area contributed by atoms with Gasteiger partial charge in [-0.05, 0) is 18.1 Å². The van der Waals surface area contributed by atoms with Crippen LogP contribution < -0.4 is 0 Å². The van der Waals surface area contributed by atoms with Crippen LogP contribution in [0, 0.1) is 0 Å². The summed E-state index contributed by atoms with van der Waals surface area (Å²) < 4.78 is 5.32. The summed E-state index contributed by atoms with van der Waals surface area (Å²) in [5.74, 6) is 0. The summed E-state index contributed by atoms with van der Waals surface area (Å²) in [5, 5.41) is 0.551. The molecule has 2 heterocycles. The molecule has 0 spiro atoms. The van der Waals surface area contributed by atoms with E-state index in [1.165, 1.54) is 5.56 Å². The summed E-state index contributed by atoms with van der Waals surface area (Å²) in [6.45, 7) is 3.05. The van der Waals surface area contributed by atoms with Crippen LogP contribution in [0.3, 0.4) is 0 Å². The minimum absolute atomic E-state index is 0.394. The van der Waals surface area contributed by atoms with Gasteiger partial charge in [-0.1, -0.05) is 17.7 Å². The number of ether oxygens (including phenoxy) is 1. The van der Waals surface area contributed by atoms with Gasteiger partial charge < -0.3 is 4.74 Å². The molecule has 0 amide bonds. The Morgan fingerprint density at radius 2 is 2.47 bits per heavy atom. The third kappa shape index (κ3) is 2.91. The Labute approximate surface area is 95.0 Å². The third-order valence-electron chi connectivity index (χ3n) is 2.76. The number of pyridine rings is 1. The molecule has 0 saturated carbocycles. The topological polar surface area (TPSA) is 25.4 Å². The smallest absolute Gasteiger partial charge is 0.129 e. The molecule has 1 aromatic rings. The van der Waals surface area contributed by atoms with Crippen LogP contribution in [0.4, 0.5) is 0 Å². The van der Waals surface area contributed by atoms with E-state index in [-0.39, 0.29) is 0 Å². The maximum atomic E-state index is 5.73. The lowest BCUT2D eigenvalue weighted by Crippen LogP contribution is -2.22. The second-order valence-corrected chi connectivity index (χ2v) is 4.26. The van der Waals surface area contributed by atoms with Gasteiger partial charge in [0.2, 0.25) is 0 Å². The van der Waals surface area contributed by atoms with Crippen LogP contribution in [-0.2, 0) is 11.3 Å². The van der Waals surface area contributed by atoms with Crippen LogP contribution in [0.2, 0.25) is 5.15 Å². The van der Waals surface area contributed by atoms with E-state index in [1.807, 2.05) is 18.3 Å². The van der Waals surface area contributed by atoms with Crippen molar-refractivity contribution in [1.29, 1.82) is 0 Å². The first-order valence-corrected chi connectivity index (χ1v) is 5.51. The summed E-state index contributed by atoms with van der Waals surface area (Å²) in [7, 11) is 1.78. The zero-order valence-electron chi connectivity index (χ0n) is 8.82. The lowest BCUT2D eigenvalue weighted by Gasteiger charge is -2.15. The van der Waals surface area contributed by atoms with Gasteiger partial charge in [0.15, 0.2) is 0 Å². The summed E-state index contributed by atoms with van der Waals surface area (Å²) in [6.07, 6.45) is 3.35. The first kappa shape index (κ1) is 10.9. The average molecular weight is 227 g/mol. The second-order valence-electron chi connectivity index (χ2n) is 3.87. The van der Waals surface area contributed by atoms with Crippen LogP contribution >= 0.6 is 11.6 Å². The normalized spacial score (nSPS) is 22.1. The SMILES string of the molecule is COC1CCN(Cc2ccc(Cl)nc2)C1. The van der Waals surface area contributed by atoms with E-state index in [0.717, 1.165) is 26.1 Å². The van der Waals surface area contributed by atoms with Crippen LogP contribution in [0.15, 0.2) is 18.3 Å². The van der Waals surface area contributed by atoms with Crippen molar-refractivity contribution in [2.24, 2.45) is 0 Å². The van der Waals surface area contributed by atoms with Gasteiger partial charge in [-0.2, -0.15) is 0 Å². The highest BCUT2D eigenvalue weighted by atomic mass is 35.5. The number of rotatable bonds is 3. The predicted octanol–water partition coefficient (Wildman–Crippen LogP) is 1.96. The molecule has 3 nitrogen and oxygen atoms in total. The van der Waals surface area contributed by atoms with Gasteiger partial charge in [-0.3, -0.25) is 4.90 Å². The van der Waals surface area contributed by atoms with Crippen LogP contribution in [0.5, 0.6) is 0 Å². The van der Waals surface area contributed by atoms with Gasteiger partial charge in [0.05, 0.1) is 6.10 Å². The van der Waals surface area contributed by atoms with Crippen molar-refractivity contribution in [3.8, 4) is 0 Å². The van der Waals surface area contributed by atoms with Crippen molar-refractivity contribution in [3.05, 3.63) is 29.0 Å². The number of aromatic nitrogens is 1. The van der Waals surface area contributed by atoms with Crippen molar-refractivity contribution in [1.82, 2.24) is 9.88 Å². The largest absolute Gasteiger partial charge is 0.380 e. The Morgan fingerprint density at radius 3 is 3.07 bits per heavy atom. The standard InChI is InChI=1S/C11H15ClN2O/c1-15-10-4-5-14(8-10)7-9-2-3-11(12)13-6-9/h2-3,6,10H,4-5,7-8H2,1H3. The quantitative estimate of drug-likeness (QED) is 0.737. The van der Waals surface area contributed by atoms with Crippen molar-refractivity contribution in [3.63, 3.8) is 0 Å². The molecule has 1 atom stereocenters. The molecule has 1 unspecified atom stereocenters. The molecular weight excluding hydrogens is 212 g/mol. The minimum Gasteiger partial charge on any atom is -0.380 e. The fourth-order valence-electron chi connectivity index (χ4n) is 1.89. The molecule has 1 aliphatic heterocycles. The van der Waals surface area contributed by atoms with Gasteiger partial charge in [0.25, 0.3) is 0 Å². The van der Waals surface area contributed by atoms with E-state index in [0.29, 0.717) is 11.3 Å². The first-order valence-electron chi connectivity index (χ1n) is 5.13. The van der Waals surface area contributed by atoms with E-state index >= 15 is 0 Å². The Bertz CT molecular complexity index is 315. The summed E-state index contributed by atoms with van der Waals surface area (Å²) >= 11 is 5.73. The van der Waals surface area contributed by atoms with Crippen LogP contribution in [-0.4, -0.2) is 36.2 Å². The molecule has 0 radical (unpaired) electrons. The molecule has 1 fully saturated rings. The molecule has 2 rings (SSSR count). The molecule has 0 N–H and O–H groups in total. The number of halogens is 1. The van der Waals surface area contributed by atoms with Crippen molar-refractivity contribution >= 4 is 11.6 Å². The number of likely N-dealkylation sites (tertiary alicyclic amines) is 1. The molecular formula is C11H15ClN2O. The molecule has 82 valence electrons. The van der Waals surface area contributed by atoms with Crippen molar-refractivity contribution < 1.29 is 4.74 Å². The molecule has 15 heavy (non-hydrogen) atoms. The van der Waals surface area contributed by atoms with Crippen molar-refractivity contribution in [2.45, 2.75) is 19.1 Å². The van der Waals surface area contributed by atoms with E-state index in [1.54, 1.807) is 7.11 Å². The Balaban J connectivity index is 1.90. The van der Waals surface area contributed by atoms with Gasteiger partial charge in [0.1, 0.15) is 5.15 Å². The first-order chi connectivity index (χ1) is 7.28. The van der Waals surface area contributed by atoms with Gasteiger partial charge in [-0.25, -0.2) is 4.98 Å². The van der Waals surface area contributed by atoms with E-state index in [4.69, 9.17) is 16.3 Å². The highest BCUT2D eigenvalue weighted by Crippen LogP contribution is 2.15. The Kier molecular flexibility index (Phi) is 3.57. The van der Waals surface area contributed by atoms with Crippen molar-refractivity contribution in [2.75, 3.05) is 20.2 Å². The fourth-order valence-corrected chi connectivity index (χ4v) is 2.00. The third-order valence-corrected chi connectivity index (χ3v) is 2.98. The number of nitrogens with zero attached hydrogens (tertiary/aromatic N) is 2. The van der Waals surface area contributed by atoms with E-state index in [9.17, 15) is 0 Å². The molecule has 0 aliphatic carbocycles. The fraction of sp³-hybridized carbons (Fsp3) is 0.545. The molecule has 0 bridgehead atoms. The Morgan fingerprint density at radius 1 is 1.60 bits per heavy atom. The molecule has 0 aromatic carbocycles. The molecule has 1 saturated heterocycles. The summed E-state index contributed by atoms with van der Waals surface area (Å²) in [5.41, 5.74) is 1.20. The number of hydrogen-bond donors (Lipinski definition) is 0. The average Bonchev–Trinajstić information content (AvgIpc) is 2.69. The van der Waals surface area contributed by atoms with Gasteiger partial charge in [-0.15, -0.1) is 0 Å². The van der Waals surface area contributed by atoms with Crippen LogP contribution in [0.25, 0.3) is 0 Å². The van der Waals surface area contributed by atoms with Gasteiger partial charge >= 0.3 is 0 Å². The van der Waals surface area contributed by atoms with Crippen LogP contribution in [0.1, 0.15) is 12.0 Å². The van der Waals surface area contributed by atoms with E-state index in [2.05, 4.69) is 9.88 Å². The minimum atomic E-state index is 0.394. The van der Waals surface area contributed by atoms with E-state index < -0.39 is 0 Å². The summed E-state index contributed by atoms with van der Waals surface area (Å²) in [6, 6.07) is 3.86. The highest BCUT2D eigenvalue weighted by Gasteiger charge is 2.21. The van der Waals surface area contributed by atoms with Gasteiger partial charge in [0, 0.05) is 32.9 Å².